The number of aliphatic carboxylic acids is 2. The molecule has 4 unspecified atom stereocenters. The predicted molar refractivity (Wildman–Crippen MR) is 116 cm³/mol. The Morgan fingerprint density at radius 3 is 1.74 bits per heavy atom. The summed E-state index contributed by atoms with van der Waals surface area (Å²) in [4.78, 5) is 71.3. The van der Waals surface area contributed by atoms with Gasteiger partial charge in [0, 0.05) is 6.42 Å². The van der Waals surface area contributed by atoms with Crippen molar-refractivity contribution in [2.24, 2.45) is 11.5 Å². The van der Waals surface area contributed by atoms with E-state index in [1.165, 1.54) is 24.3 Å². The van der Waals surface area contributed by atoms with E-state index in [1.807, 2.05) is 5.32 Å². The number of carboxylic acids is 2. The fourth-order valence-corrected chi connectivity index (χ4v) is 2.77. The van der Waals surface area contributed by atoms with Crippen molar-refractivity contribution >= 4 is 35.6 Å². The summed E-state index contributed by atoms with van der Waals surface area (Å²) in [5, 5.41) is 43.0. The topological polar surface area (TPSA) is 271 Å². The number of phenols is 1. The van der Waals surface area contributed by atoms with Crippen molar-refractivity contribution in [1.82, 2.24) is 16.0 Å². The summed E-state index contributed by atoms with van der Waals surface area (Å²) < 4.78 is 0. The van der Waals surface area contributed by atoms with Crippen LogP contribution in [0.15, 0.2) is 24.3 Å². The molecule has 0 bridgehead atoms. The Hall–Kier alpha value is -4.24. The van der Waals surface area contributed by atoms with Gasteiger partial charge in [-0.2, -0.15) is 0 Å². The second kappa shape index (κ2) is 13.5. The summed E-state index contributed by atoms with van der Waals surface area (Å²) in [6, 6.07) is -0.935. The standard InChI is InChI=1S/C20H27N5O10/c21-11(8-26)17(31)23-13(7-16(29)30)19(33)24-12(6-15(22)28)18(32)25-14(20(34)35)5-9-1-3-10(27)4-2-9/h1-4,11-14,26-27H,5-8,21H2,(H2,22,28)(H,23,31)(H,24,33)(H,25,32)(H,29,30)(H,34,35). The van der Waals surface area contributed by atoms with Gasteiger partial charge in [-0.3, -0.25) is 24.0 Å². The third-order valence-electron chi connectivity index (χ3n) is 4.57. The summed E-state index contributed by atoms with van der Waals surface area (Å²) in [6.45, 7) is -0.794. The minimum atomic E-state index is -1.74. The highest BCUT2D eigenvalue weighted by molar-refractivity contribution is 5.97. The van der Waals surface area contributed by atoms with Gasteiger partial charge in [-0.05, 0) is 17.7 Å². The number of carbonyl (C=O) groups is 6. The molecule has 4 atom stereocenters. The van der Waals surface area contributed by atoms with Gasteiger partial charge in [-0.15, -0.1) is 0 Å². The molecule has 15 nitrogen and oxygen atoms in total. The van der Waals surface area contributed by atoms with E-state index in [2.05, 4.69) is 10.6 Å². The van der Waals surface area contributed by atoms with Gasteiger partial charge in [0.2, 0.25) is 23.6 Å². The molecule has 0 fully saturated rings. The zero-order valence-electron chi connectivity index (χ0n) is 18.3. The number of benzene rings is 1. The summed E-state index contributed by atoms with van der Waals surface area (Å²) >= 11 is 0. The van der Waals surface area contributed by atoms with E-state index in [-0.39, 0.29) is 12.2 Å². The van der Waals surface area contributed by atoms with Crippen LogP contribution < -0.4 is 27.4 Å². The first-order valence-corrected chi connectivity index (χ1v) is 10.1. The van der Waals surface area contributed by atoms with Crippen molar-refractivity contribution in [3.8, 4) is 5.75 Å². The Bertz CT molecular complexity index is 952. The van der Waals surface area contributed by atoms with E-state index in [0.717, 1.165) is 0 Å². The van der Waals surface area contributed by atoms with Crippen LogP contribution in [0.1, 0.15) is 18.4 Å². The minimum Gasteiger partial charge on any atom is -0.508 e. The fraction of sp³-hybridized carbons (Fsp3) is 0.400. The van der Waals surface area contributed by atoms with Crippen molar-refractivity contribution in [2.75, 3.05) is 6.61 Å². The molecule has 192 valence electrons. The van der Waals surface area contributed by atoms with Crippen molar-refractivity contribution < 1.29 is 49.2 Å². The Morgan fingerprint density at radius 1 is 0.800 bits per heavy atom. The van der Waals surface area contributed by atoms with E-state index in [9.17, 15) is 39.0 Å². The summed E-state index contributed by atoms with van der Waals surface area (Å²) in [6.07, 6.45) is -1.92. The molecule has 0 aromatic heterocycles. The average molecular weight is 497 g/mol. The largest absolute Gasteiger partial charge is 0.508 e. The van der Waals surface area contributed by atoms with Gasteiger partial charge in [0.15, 0.2) is 0 Å². The first-order valence-electron chi connectivity index (χ1n) is 10.1. The number of carbonyl (C=O) groups excluding carboxylic acids is 4. The number of hydrogen-bond acceptors (Lipinski definition) is 9. The highest BCUT2D eigenvalue weighted by Gasteiger charge is 2.32. The quantitative estimate of drug-likeness (QED) is 0.120. The second-order valence-electron chi connectivity index (χ2n) is 7.45. The van der Waals surface area contributed by atoms with Crippen LogP contribution in [-0.4, -0.2) is 86.8 Å². The maximum Gasteiger partial charge on any atom is 0.326 e. The normalized spacial score (nSPS) is 14.0. The van der Waals surface area contributed by atoms with Gasteiger partial charge >= 0.3 is 11.9 Å². The summed E-state index contributed by atoms with van der Waals surface area (Å²) in [5.41, 5.74) is 10.9. The molecule has 1 rings (SSSR count). The Labute approximate surface area is 198 Å². The Morgan fingerprint density at radius 2 is 1.29 bits per heavy atom. The number of rotatable bonds is 14. The Balaban J connectivity index is 3.03. The van der Waals surface area contributed by atoms with E-state index < -0.39 is 79.2 Å². The molecule has 0 aliphatic heterocycles. The SMILES string of the molecule is NC(=O)CC(NC(=O)C(CC(=O)O)NC(=O)C(N)CO)C(=O)NC(Cc1ccc(O)cc1)C(=O)O. The maximum atomic E-state index is 12.7. The van der Waals surface area contributed by atoms with Crippen molar-refractivity contribution in [3.05, 3.63) is 29.8 Å². The van der Waals surface area contributed by atoms with Gasteiger partial charge < -0.3 is 47.8 Å². The van der Waals surface area contributed by atoms with E-state index in [0.29, 0.717) is 5.56 Å². The van der Waals surface area contributed by atoms with Gasteiger partial charge in [0.25, 0.3) is 0 Å². The van der Waals surface area contributed by atoms with Gasteiger partial charge in [-0.25, -0.2) is 4.79 Å². The number of nitrogens with two attached hydrogens (primary N) is 2. The number of carboxylic acid groups (broad SMARTS) is 2. The lowest BCUT2D eigenvalue weighted by Crippen LogP contribution is -2.58. The van der Waals surface area contributed by atoms with Crippen LogP contribution in [0, 0.1) is 0 Å². The molecule has 0 saturated heterocycles. The molecule has 0 heterocycles. The molecule has 1 aromatic rings. The number of nitrogens with one attached hydrogen (secondary N) is 3. The molecule has 4 amide bonds. The fourth-order valence-electron chi connectivity index (χ4n) is 2.77. The summed E-state index contributed by atoms with van der Waals surface area (Å²) in [5.74, 6) is -7.41. The number of phenolic OH excluding ortho intramolecular Hbond substituents is 1. The Kier molecular flexibility index (Phi) is 11.1. The smallest absolute Gasteiger partial charge is 0.326 e. The first kappa shape index (κ1) is 28.8. The van der Waals surface area contributed by atoms with Crippen molar-refractivity contribution in [1.29, 1.82) is 0 Å². The number of amides is 4. The van der Waals surface area contributed by atoms with E-state index in [4.69, 9.17) is 21.7 Å². The van der Waals surface area contributed by atoms with Crippen LogP contribution in [0.3, 0.4) is 0 Å². The molecule has 0 saturated carbocycles. The average Bonchev–Trinajstić information content (AvgIpc) is 2.77. The second-order valence-corrected chi connectivity index (χ2v) is 7.45. The number of aliphatic hydroxyl groups is 1. The minimum absolute atomic E-state index is 0.0585. The van der Waals surface area contributed by atoms with Crippen LogP contribution in [-0.2, 0) is 35.2 Å². The van der Waals surface area contributed by atoms with E-state index in [1.54, 1.807) is 0 Å². The number of primary amides is 1. The molecule has 0 spiro atoms. The van der Waals surface area contributed by atoms with Crippen LogP contribution in [0.25, 0.3) is 0 Å². The number of hydrogen-bond donors (Lipinski definition) is 9. The van der Waals surface area contributed by atoms with Crippen molar-refractivity contribution in [2.45, 2.75) is 43.4 Å². The third-order valence-corrected chi connectivity index (χ3v) is 4.57. The summed E-state index contributed by atoms with van der Waals surface area (Å²) in [7, 11) is 0. The van der Waals surface area contributed by atoms with Gasteiger partial charge in [0.1, 0.15) is 29.9 Å². The molecular weight excluding hydrogens is 470 g/mol. The lowest BCUT2D eigenvalue weighted by atomic mass is 10.0. The molecule has 35 heavy (non-hydrogen) atoms. The zero-order chi connectivity index (χ0) is 26.7. The zero-order valence-corrected chi connectivity index (χ0v) is 18.3. The lowest BCUT2D eigenvalue weighted by molar-refractivity contribution is -0.143. The molecular formula is C20H27N5O10. The van der Waals surface area contributed by atoms with Gasteiger partial charge in [-0.1, -0.05) is 12.1 Å². The predicted octanol–water partition coefficient (Wildman–Crippen LogP) is -3.86. The lowest BCUT2D eigenvalue weighted by Gasteiger charge is -2.24. The first-order chi connectivity index (χ1) is 16.3. The molecule has 0 radical (unpaired) electrons. The molecule has 1 aromatic carbocycles. The highest BCUT2D eigenvalue weighted by atomic mass is 16.4. The molecule has 0 aliphatic carbocycles. The van der Waals surface area contributed by atoms with Crippen LogP contribution in [0.5, 0.6) is 5.75 Å². The number of aliphatic hydroxyl groups excluding tert-OH is 1. The maximum absolute atomic E-state index is 12.7. The number of aromatic hydroxyl groups is 1. The van der Waals surface area contributed by atoms with Crippen molar-refractivity contribution in [3.63, 3.8) is 0 Å². The molecule has 0 aliphatic rings. The van der Waals surface area contributed by atoms with Crippen LogP contribution in [0.4, 0.5) is 0 Å². The van der Waals surface area contributed by atoms with Gasteiger partial charge in [0.05, 0.1) is 19.4 Å². The van der Waals surface area contributed by atoms with Crippen LogP contribution in [0.2, 0.25) is 0 Å². The monoisotopic (exact) mass is 497 g/mol. The van der Waals surface area contributed by atoms with Crippen LogP contribution >= 0.6 is 0 Å². The van der Waals surface area contributed by atoms with E-state index >= 15 is 0 Å². The molecule has 15 heteroatoms. The third kappa shape index (κ3) is 10.1. The highest BCUT2D eigenvalue weighted by Crippen LogP contribution is 2.12. The molecule has 11 N–H and O–H groups in total.